The second-order valence-corrected chi connectivity index (χ2v) is 10.6. The quantitative estimate of drug-likeness (QED) is 0.186. The highest BCUT2D eigenvalue weighted by Gasteiger charge is 2.43. The van der Waals surface area contributed by atoms with Crippen LogP contribution in [0.25, 0.3) is 27.9 Å². The molecule has 6 rings (SSSR count). The molecular formula is C22H17F4N8O6P. The zero-order valence-electron chi connectivity index (χ0n) is 20.4. The Morgan fingerprint density at radius 3 is 2.66 bits per heavy atom. The smallest absolute Gasteiger partial charge is 0.303 e. The molecule has 0 unspecified atom stereocenters. The normalized spacial score (nSPS) is 17.5. The van der Waals surface area contributed by atoms with Crippen LogP contribution in [-0.2, 0) is 22.4 Å². The average Bonchev–Trinajstić information content (AvgIpc) is 3.46. The summed E-state index contributed by atoms with van der Waals surface area (Å²) in [4.78, 5) is 53.1. The number of halogens is 4. The van der Waals surface area contributed by atoms with Gasteiger partial charge in [-0.3, -0.25) is 18.9 Å². The largest absolute Gasteiger partial charge is 0.471 e. The van der Waals surface area contributed by atoms with E-state index >= 15 is 0 Å². The van der Waals surface area contributed by atoms with E-state index in [4.69, 9.17) is 9.79 Å². The van der Waals surface area contributed by atoms with E-state index in [0.717, 1.165) is 21.6 Å². The number of nitrogens with one attached hydrogen (secondary N) is 1. The first-order valence-corrected chi connectivity index (χ1v) is 13.3. The third kappa shape index (κ3) is 5.29. The van der Waals surface area contributed by atoms with Crippen molar-refractivity contribution in [2.75, 3.05) is 0 Å². The number of H-pyrrole nitrogens is 1. The Morgan fingerprint density at radius 1 is 1.15 bits per heavy atom. The molecule has 0 spiro atoms. The summed E-state index contributed by atoms with van der Waals surface area (Å²) >= 11 is 0. The number of alkyl halides is 3. The number of aromatic nitrogens is 8. The summed E-state index contributed by atoms with van der Waals surface area (Å²) in [5.74, 6) is -1.46. The highest BCUT2D eigenvalue weighted by atomic mass is 31.2. The van der Waals surface area contributed by atoms with Crippen molar-refractivity contribution in [3.05, 3.63) is 74.8 Å². The number of phosphoric acid groups is 1. The van der Waals surface area contributed by atoms with Gasteiger partial charge in [-0.25, -0.2) is 24.0 Å². The molecule has 1 aliphatic carbocycles. The summed E-state index contributed by atoms with van der Waals surface area (Å²) in [5.41, 5.74) is -1.11. The van der Waals surface area contributed by atoms with E-state index < -0.39 is 44.5 Å². The lowest BCUT2D eigenvalue weighted by Crippen LogP contribution is -2.31. The van der Waals surface area contributed by atoms with Crippen molar-refractivity contribution in [3.8, 4) is 11.3 Å². The van der Waals surface area contributed by atoms with Crippen LogP contribution in [0.3, 0.4) is 0 Å². The number of hydrogen-bond donors (Lipinski definition) is 3. The first-order valence-electron chi connectivity index (χ1n) is 11.7. The Kier molecular flexibility index (Phi) is 6.18. The van der Waals surface area contributed by atoms with Crippen LogP contribution in [0, 0.1) is 5.95 Å². The van der Waals surface area contributed by atoms with Crippen LogP contribution in [0.15, 0.2) is 46.4 Å². The topological polar surface area (TPSA) is 183 Å². The maximum Gasteiger partial charge on any atom is 0.471 e. The zero-order chi connectivity index (χ0) is 29.3. The van der Waals surface area contributed by atoms with Gasteiger partial charge in [0.05, 0.1) is 23.7 Å². The fourth-order valence-electron chi connectivity index (χ4n) is 4.62. The van der Waals surface area contributed by atoms with Crippen LogP contribution in [0.1, 0.15) is 29.5 Å². The molecule has 3 N–H and O–H groups in total. The summed E-state index contributed by atoms with van der Waals surface area (Å²) in [7, 11) is -4.95. The van der Waals surface area contributed by atoms with Gasteiger partial charge in [0.15, 0.2) is 11.3 Å². The maximum atomic E-state index is 14.6. The van der Waals surface area contributed by atoms with E-state index in [9.17, 15) is 31.7 Å². The molecule has 1 aliphatic rings. The Labute approximate surface area is 224 Å². The highest BCUT2D eigenvalue weighted by Crippen LogP contribution is 2.55. The Hall–Kier alpha value is -4.25. The van der Waals surface area contributed by atoms with Gasteiger partial charge in [0, 0.05) is 28.8 Å². The van der Waals surface area contributed by atoms with Gasteiger partial charge in [-0.2, -0.15) is 32.3 Å². The minimum atomic E-state index is -4.95. The SMILES string of the molecule is O=c1[nH]c(=O)n(COP(=O)(O)O)cc1-c1cc([C@@H]2C[C@H]2c2ccc3cnn(CC(F)(F)F)c3n2)c2ncc(F)n2n1. The molecule has 5 heterocycles. The number of hydrogen-bond acceptors (Lipinski definition) is 8. The van der Waals surface area contributed by atoms with E-state index in [1.54, 1.807) is 12.1 Å². The minimum absolute atomic E-state index is 0.0595. The molecule has 0 bridgehead atoms. The first kappa shape index (κ1) is 26.9. The minimum Gasteiger partial charge on any atom is -0.303 e. The molecule has 1 saturated carbocycles. The summed E-state index contributed by atoms with van der Waals surface area (Å²) in [6, 6.07) is 4.74. The lowest BCUT2D eigenvalue weighted by atomic mass is 10.1. The van der Waals surface area contributed by atoms with Crippen LogP contribution >= 0.6 is 7.82 Å². The molecule has 19 heteroatoms. The third-order valence-corrected chi connectivity index (χ3v) is 6.96. The van der Waals surface area contributed by atoms with Gasteiger partial charge >= 0.3 is 19.7 Å². The van der Waals surface area contributed by atoms with Crippen molar-refractivity contribution in [1.29, 1.82) is 0 Å². The maximum absolute atomic E-state index is 14.6. The third-order valence-electron chi connectivity index (χ3n) is 6.51. The number of imidazole rings is 1. The van der Waals surface area contributed by atoms with Crippen molar-refractivity contribution in [2.24, 2.45) is 0 Å². The molecule has 0 saturated heterocycles. The lowest BCUT2D eigenvalue weighted by molar-refractivity contribution is -0.141. The van der Waals surface area contributed by atoms with E-state index in [-0.39, 0.29) is 34.4 Å². The van der Waals surface area contributed by atoms with Gasteiger partial charge in [0.25, 0.3) is 5.56 Å². The van der Waals surface area contributed by atoms with Crippen LogP contribution < -0.4 is 11.2 Å². The standard InChI is InChI=1S/C22H17F4N8O6P/c23-17-6-27-19-13(11-3-12(11)15-2-1-10-5-28-33(18(10)29-15)8-22(24,25)26)4-16(31-34(17)19)14-7-32(9-40-41(37,38)39)21(36)30-20(14)35/h1-2,4-7,11-12H,3,8-9H2,(H,30,35,36)(H2,37,38,39)/t11-,12-/m1/s1. The Balaban J connectivity index is 1.39. The summed E-state index contributed by atoms with van der Waals surface area (Å²) in [6.07, 6.45) is -0.844. The average molecular weight is 596 g/mol. The number of fused-ring (bicyclic) bond motifs is 2. The fraction of sp³-hybridized carbons (Fsp3) is 0.273. The van der Waals surface area contributed by atoms with Crippen molar-refractivity contribution < 1.29 is 36.4 Å². The summed E-state index contributed by atoms with van der Waals surface area (Å²) < 4.78 is 71.3. The van der Waals surface area contributed by atoms with Gasteiger partial charge in [0.2, 0.25) is 5.95 Å². The molecule has 0 amide bonds. The van der Waals surface area contributed by atoms with E-state index in [2.05, 4.69) is 24.7 Å². The monoisotopic (exact) mass is 596 g/mol. The van der Waals surface area contributed by atoms with Crippen molar-refractivity contribution >= 4 is 24.5 Å². The second kappa shape index (κ2) is 9.41. The number of phosphoric ester groups is 1. The van der Waals surface area contributed by atoms with E-state index in [1.165, 1.54) is 12.3 Å². The van der Waals surface area contributed by atoms with Crippen molar-refractivity contribution in [1.82, 2.24) is 38.9 Å². The number of aromatic amines is 1. The van der Waals surface area contributed by atoms with Crippen LogP contribution in [0.4, 0.5) is 17.6 Å². The van der Waals surface area contributed by atoms with Gasteiger partial charge in [-0.05, 0) is 30.5 Å². The molecule has 214 valence electrons. The van der Waals surface area contributed by atoms with Crippen LogP contribution in [0.2, 0.25) is 0 Å². The number of pyridine rings is 1. The van der Waals surface area contributed by atoms with Gasteiger partial charge < -0.3 is 9.79 Å². The molecule has 1 fully saturated rings. The lowest BCUT2D eigenvalue weighted by Gasteiger charge is -2.11. The Bertz CT molecular complexity index is 1990. The van der Waals surface area contributed by atoms with E-state index in [0.29, 0.717) is 27.6 Å². The predicted octanol–water partition coefficient (Wildman–Crippen LogP) is 2.03. The first-order chi connectivity index (χ1) is 19.3. The molecule has 41 heavy (non-hydrogen) atoms. The van der Waals surface area contributed by atoms with E-state index in [1.807, 2.05) is 4.98 Å². The molecule has 5 aromatic heterocycles. The molecule has 0 aromatic carbocycles. The van der Waals surface area contributed by atoms with Crippen molar-refractivity contribution in [2.45, 2.75) is 37.7 Å². The number of nitrogens with zero attached hydrogens (tertiary/aromatic N) is 7. The molecule has 14 nitrogen and oxygen atoms in total. The molecule has 0 aliphatic heterocycles. The fourth-order valence-corrected chi connectivity index (χ4v) is 4.90. The highest BCUT2D eigenvalue weighted by molar-refractivity contribution is 7.46. The summed E-state index contributed by atoms with van der Waals surface area (Å²) in [5, 5.41) is 8.31. The second-order valence-electron chi connectivity index (χ2n) is 9.34. The molecule has 0 radical (unpaired) electrons. The zero-order valence-corrected chi connectivity index (χ0v) is 21.3. The van der Waals surface area contributed by atoms with Gasteiger partial charge in [-0.15, -0.1) is 0 Å². The Morgan fingerprint density at radius 2 is 1.93 bits per heavy atom. The molecule has 2 atom stereocenters. The van der Waals surface area contributed by atoms with Crippen molar-refractivity contribution in [3.63, 3.8) is 0 Å². The molecular weight excluding hydrogens is 579 g/mol. The van der Waals surface area contributed by atoms with Crippen LogP contribution in [0.5, 0.6) is 0 Å². The van der Waals surface area contributed by atoms with Gasteiger partial charge in [0.1, 0.15) is 13.3 Å². The molecule has 5 aromatic rings. The predicted molar refractivity (Wildman–Crippen MR) is 130 cm³/mol. The summed E-state index contributed by atoms with van der Waals surface area (Å²) in [6.45, 7) is -2.20. The van der Waals surface area contributed by atoms with Gasteiger partial charge in [-0.1, -0.05) is 0 Å². The number of rotatable bonds is 7. The van der Waals surface area contributed by atoms with Crippen LogP contribution in [-0.4, -0.2) is 54.9 Å².